The molecule has 0 unspecified atom stereocenters. The van der Waals surface area contributed by atoms with Crippen LogP contribution in [0, 0.1) is 6.92 Å². The molecule has 0 aliphatic carbocycles. The maximum atomic E-state index is 5.97. The lowest BCUT2D eigenvalue weighted by Gasteiger charge is -2.28. The molecule has 0 saturated carbocycles. The largest absolute Gasteiger partial charge is 0.423 e. The topological polar surface area (TPSA) is 55.3 Å². The van der Waals surface area contributed by atoms with Crippen LogP contribution in [0.3, 0.4) is 0 Å². The number of nitrogen functional groups attached to an aromatic ring is 1. The molecule has 21 heavy (non-hydrogen) atoms. The Morgan fingerprint density at radius 3 is 3.00 bits per heavy atom. The van der Waals surface area contributed by atoms with Gasteiger partial charge in [0.05, 0.1) is 5.69 Å². The van der Waals surface area contributed by atoms with Gasteiger partial charge in [-0.15, -0.1) is 0 Å². The van der Waals surface area contributed by atoms with Crippen LogP contribution in [0.4, 0.5) is 17.4 Å². The van der Waals surface area contributed by atoms with Crippen LogP contribution in [0.5, 0.6) is 0 Å². The molecule has 1 aliphatic rings. The van der Waals surface area contributed by atoms with Gasteiger partial charge < -0.3 is 10.2 Å². The first-order valence-electron chi connectivity index (χ1n) is 7.24. The molecule has 3 aromatic rings. The fraction of sp³-hybridized carbons (Fsp3) is 0.235. The number of nitrogens with two attached hydrogens (primary N) is 1. The molecule has 0 saturated heterocycles. The fourth-order valence-corrected chi connectivity index (χ4v) is 3.00. The van der Waals surface area contributed by atoms with Crippen molar-refractivity contribution in [2.24, 2.45) is 0 Å². The van der Waals surface area contributed by atoms with Crippen LogP contribution in [0.2, 0.25) is 0 Å². The summed E-state index contributed by atoms with van der Waals surface area (Å²) in [4.78, 5) is 6.74. The van der Waals surface area contributed by atoms with Gasteiger partial charge >= 0.3 is 6.01 Å². The number of aryl methyl sites for hydroxylation is 2. The Balaban J connectivity index is 1.85. The van der Waals surface area contributed by atoms with Crippen molar-refractivity contribution in [2.75, 3.05) is 17.2 Å². The average molecular weight is 279 g/mol. The number of oxazole rings is 1. The lowest BCUT2D eigenvalue weighted by molar-refractivity contribution is 0.580. The monoisotopic (exact) mass is 279 g/mol. The van der Waals surface area contributed by atoms with E-state index < -0.39 is 0 Å². The standard InChI is InChI=1S/C17H17N3O/c1-11-7-8-14-12(10-11)4-3-9-20(14)17-19-16-13(18)5-2-6-15(16)21-17/h2,5-8,10H,3-4,9,18H2,1H3. The van der Waals surface area contributed by atoms with Gasteiger partial charge in [-0.05, 0) is 43.5 Å². The van der Waals surface area contributed by atoms with Crippen molar-refractivity contribution in [1.82, 2.24) is 4.98 Å². The van der Waals surface area contributed by atoms with Crippen molar-refractivity contribution in [2.45, 2.75) is 19.8 Å². The van der Waals surface area contributed by atoms with Gasteiger partial charge in [-0.3, -0.25) is 4.90 Å². The predicted octanol–water partition coefficient (Wildman–Crippen LogP) is 3.80. The molecule has 0 atom stereocenters. The Kier molecular flexibility index (Phi) is 2.64. The molecule has 4 nitrogen and oxygen atoms in total. The zero-order chi connectivity index (χ0) is 14.4. The van der Waals surface area contributed by atoms with E-state index in [4.69, 9.17) is 10.2 Å². The first-order valence-corrected chi connectivity index (χ1v) is 7.24. The van der Waals surface area contributed by atoms with E-state index in [0.29, 0.717) is 11.7 Å². The van der Waals surface area contributed by atoms with E-state index in [9.17, 15) is 0 Å². The lowest BCUT2D eigenvalue weighted by Crippen LogP contribution is -2.24. The van der Waals surface area contributed by atoms with Crippen molar-refractivity contribution >= 4 is 28.5 Å². The SMILES string of the molecule is Cc1ccc2c(c1)CCCN2c1nc2c(N)cccc2o1. The van der Waals surface area contributed by atoms with Crippen LogP contribution in [0.15, 0.2) is 40.8 Å². The molecule has 2 N–H and O–H groups in total. The Bertz CT molecular complexity index is 822. The van der Waals surface area contributed by atoms with Crippen LogP contribution in [-0.2, 0) is 6.42 Å². The van der Waals surface area contributed by atoms with E-state index in [1.807, 2.05) is 18.2 Å². The van der Waals surface area contributed by atoms with Gasteiger partial charge in [0.1, 0.15) is 5.52 Å². The number of hydrogen-bond donors (Lipinski definition) is 1. The van der Waals surface area contributed by atoms with Crippen molar-refractivity contribution in [3.05, 3.63) is 47.5 Å². The van der Waals surface area contributed by atoms with Gasteiger partial charge in [0.25, 0.3) is 0 Å². The van der Waals surface area contributed by atoms with Crippen molar-refractivity contribution in [1.29, 1.82) is 0 Å². The minimum Gasteiger partial charge on any atom is -0.423 e. The van der Waals surface area contributed by atoms with Gasteiger partial charge in [-0.2, -0.15) is 4.98 Å². The summed E-state index contributed by atoms with van der Waals surface area (Å²) >= 11 is 0. The van der Waals surface area contributed by atoms with Gasteiger partial charge in [0, 0.05) is 12.2 Å². The molecule has 0 radical (unpaired) electrons. The Labute approximate surface area is 123 Å². The highest BCUT2D eigenvalue weighted by Crippen LogP contribution is 2.35. The number of fused-ring (bicyclic) bond motifs is 2. The first kappa shape index (κ1) is 12.3. The summed E-state index contributed by atoms with van der Waals surface area (Å²) in [6.45, 7) is 3.04. The summed E-state index contributed by atoms with van der Waals surface area (Å²) in [6.07, 6.45) is 2.21. The van der Waals surface area contributed by atoms with Gasteiger partial charge in [-0.25, -0.2) is 0 Å². The van der Waals surface area contributed by atoms with E-state index in [1.54, 1.807) is 0 Å². The molecule has 0 amide bonds. The van der Waals surface area contributed by atoms with Crippen LogP contribution < -0.4 is 10.6 Å². The number of hydrogen-bond acceptors (Lipinski definition) is 4. The van der Waals surface area contributed by atoms with E-state index in [2.05, 4.69) is 35.0 Å². The first-order chi connectivity index (χ1) is 10.2. The van der Waals surface area contributed by atoms with E-state index in [0.717, 1.165) is 30.5 Å². The summed E-state index contributed by atoms with van der Waals surface area (Å²) in [7, 11) is 0. The highest BCUT2D eigenvalue weighted by atomic mass is 16.4. The molecule has 4 rings (SSSR count). The second-order valence-corrected chi connectivity index (χ2v) is 5.58. The maximum absolute atomic E-state index is 5.97. The van der Waals surface area contributed by atoms with E-state index in [1.165, 1.54) is 16.8 Å². The molecular formula is C17H17N3O. The molecule has 1 aromatic heterocycles. The van der Waals surface area contributed by atoms with Gasteiger partial charge in [0.15, 0.2) is 5.58 Å². The zero-order valence-electron chi connectivity index (χ0n) is 12.0. The molecule has 0 bridgehead atoms. The highest BCUT2D eigenvalue weighted by Gasteiger charge is 2.22. The second-order valence-electron chi connectivity index (χ2n) is 5.58. The number of anilines is 3. The van der Waals surface area contributed by atoms with Crippen LogP contribution in [-0.4, -0.2) is 11.5 Å². The molecular weight excluding hydrogens is 262 g/mol. The Hall–Kier alpha value is -2.49. The minimum absolute atomic E-state index is 0.632. The molecule has 106 valence electrons. The lowest BCUT2D eigenvalue weighted by atomic mass is 10.00. The van der Waals surface area contributed by atoms with Crippen LogP contribution in [0.25, 0.3) is 11.1 Å². The summed E-state index contributed by atoms with van der Waals surface area (Å²) < 4.78 is 5.91. The van der Waals surface area contributed by atoms with Crippen molar-refractivity contribution in [3.63, 3.8) is 0 Å². The Morgan fingerprint density at radius 1 is 1.24 bits per heavy atom. The van der Waals surface area contributed by atoms with Crippen molar-refractivity contribution < 1.29 is 4.42 Å². The predicted molar refractivity (Wildman–Crippen MR) is 84.9 cm³/mol. The molecule has 2 aromatic carbocycles. The number of benzene rings is 2. The van der Waals surface area contributed by atoms with Crippen LogP contribution >= 0.6 is 0 Å². The van der Waals surface area contributed by atoms with E-state index >= 15 is 0 Å². The third-order valence-electron chi connectivity index (χ3n) is 4.02. The zero-order valence-corrected chi connectivity index (χ0v) is 12.0. The molecule has 0 spiro atoms. The number of para-hydroxylation sites is 1. The summed E-state index contributed by atoms with van der Waals surface area (Å²) in [5.41, 5.74) is 11.9. The second kappa shape index (κ2) is 4.52. The van der Waals surface area contributed by atoms with Crippen LogP contribution in [0.1, 0.15) is 17.5 Å². The third-order valence-corrected chi connectivity index (χ3v) is 4.02. The third kappa shape index (κ3) is 1.95. The number of rotatable bonds is 1. The fourth-order valence-electron chi connectivity index (χ4n) is 3.00. The highest BCUT2D eigenvalue weighted by molar-refractivity contribution is 5.87. The van der Waals surface area contributed by atoms with Gasteiger partial charge in [0.2, 0.25) is 0 Å². The summed E-state index contributed by atoms with van der Waals surface area (Å²) in [5.74, 6) is 0. The van der Waals surface area contributed by atoms with Crippen molar-refractivity contribution in [3.8, 4) is 0 Å². The smallest absolute Gasteiger partial charge is 0.303 e. The van der Waals surface area contributed by atoms with E-state index in [-0.39, 0.29) is 0 Å². The summed E-state index contributed by atoms with van der Waals surface area (Å²) in [6, 6.07) is 12.8. The minimum atomic E-state index is 0.632. The summed E-state index contributed by atoms with van der Waals surface area (Å²) in [5, 5.41) is 0. The van der Waals surface area contributed by atoms with Gasteiger partial charge in [-0.1, -0.05) is 23.8 Å². The molecule has 1 aliphatic heterocycles. The molecule has 0 fully saturated rings. The quantitative estimate of drug-likeness (QED) is 0.688. The molecule has 2 heterocycles. The maximum Gasteiger partial charge on any atom is 0.303 e. The number of nitrogens with zero attached hydrogens (tertiary/aromatic N) is 2. The average Bonchev–Trinajstić information content (AvgIpc) is 2.91. The normalized spacial score (nSPS) is 14.4. The molecule has 4 heteroatoms. The Morgan fingerprint density at radius 2 is 2.14 bits per heavy atom. The number of aromatic nitrogens is 1.